The van der Waals surface area contributed by atoms with Crippen molar-refractivity contribution in [3.8, 4) is 0 Å². The molecule has 0 unspecified atom stereocenters. The molecule has 2 fully saturated rings. The molecule has 30 heavy (non-hydrogen) atoms. The molecule has 5 nitrogen and oxygen atoms in total. The van der Waals surface area contributed by atoms with Crippen LogP contribution in [0.15, 0.2) is 23.6 Å². The summed E-state index contributed by atoms with van der Waals surface area (Å²) in [7, 11) is 0. The van der Waals surface area contributed by atoms with Gasteiger partial charge in [0.15, 0.2) is 0 Å². The van der Waals surface area contributed by atoms with Crippen LogP contribution in [0, 0.1) is 19.8 Å². The summed E-state index contributed by atoms with van der Waals surface area (Å²) >= 11 is 3.74. The highest BCUT2D eigenvalue weighted by Gasteiger charge is 2.26. The van der Waals surface area contributed by atoms with Gasteiger partial charge in [0.05, 0.1) is 10.7 Å². The smallest absolute Gasteiger partial charge is 0.227 e. The van der Waals surface area contributed by atoms with E-state index in [0.29, 0.717) is 0 Å². The van der Waals surface area contributed by atoms with Crippen molar-refractivity contribution in [1.82, 2.24) is 14.8 Å². The lowest BCUT2D eigenvalue weighted by atomic mass is 9.95. The minimum absolute atomic E-state index is 0.0978. The van der Waals surface area contributed by atoms with Crippen molar-refractivity contribution in [3.05, 3.63) is 45.4 Å². The minimum Gasteiger partial charge on any atom is -0.326 e. The number of benzene rings is 1. The zero-order valence-corrected chi connectivity index (χ0v) is 19.7. The van der Waals surface area contributed by atoms with E-state index >= 15 is 0 Å². The molecular weight excluding hydrogens is 412 g/mol. The molecule has 0 bridgehead atoms. The quantitative estimate of drug-likeness (QED) is 0.725. The maximum Gasteiger partial charge on any atom is 0.227 e. The van der Waals surface area contributed by atoms with Gasteiger partial charge in [-0.1, -0.05) is 12.1 Å². The van der Waals surface area contributed by atoms with Crippen molar-refractivity contribution in [2.45, 2.75) is 39.8 Å². The van der Waals surface area contributed by atoms with Crippen molar-refractivity contribution < 1.29 is 4.79 Å². The predicted molar refractivity (Wildman–Crippen MR) is 127 cm³/mol. The van der Waals surface area contributed by atoms with Gasteiger partial charge in [-0.05, 0) is 57.0 Å². The molecule has 0 aliphatic carbocycles. The molecule has 2 saturated heterocycles. The average Bonchev–Trinajstić information content (AvgIpc) is 3.17. The van der Waals surface area contributed by atoms with Gasteiger partial charge in [0, 0.05) is 54.7 Å². The maximum atomic E-state index is 12.9. The fourth-order valence-electron chi connectivity index (χ4n) is 4.29. The van der Waals surface area contributed by atoms with Gasteiger partial charge in [-0.3, -0.25) is 14.6 Å². The second-order valence-electron chi connectivity index (χ2n) is 8.38. The number of carbonyl (C=O) groups excluding carboxylic acids is 1. The highest BCUT2D eigenvalue weighted by molar-refractivity contribution is 7.99. The molecule has 162 valence electrons. The van der Waals surface area contributed by atoms with Gasteiger partial charge in [0.2, 0.25) is 5.91 Å². The zero-order valence-electron chi connectivity index (χ0n) is 18.0. The SMILES string of the molecule is Cc1nc(CN2CCC(C(=O)Nc3cccc(CN4CCSCC4)c3C)CC2)cs1. The Morgan fingerprint density at radius 1 is 1.10 bits per heavy atom. The molecule has 2 aliphatic heterocycles. The molecule has 3 heterocycles. The van der Waals surface area contributed by atoms with Crippen LogP contribution in [0.3, 0.4) is 0 Å². The molecular formula is C23H32N4OS2. The summed E-state index contributed by atoms with van der Waals surface area (Å²) in [5.74, 6) is 2.71. The third-order valence-electron chi connectivity index (χ3n) is 6.21. The molecule has 2 aromatic rings. The number of anilines is 1. The first kappa shape index (κ1) is 21.8. The number of carbonyl (C=O) groups is 1. The summed E-state index contributed by atoms with van der Waals surface area (Å²) in [5.41, 5.74) is 4.66. The number of piperidine rings is 1. The standard InChI is InChI=1S/C23H32N4OS2/c1-17-20(14-27-10-12-29-13-11-27)4-3-5-22(17)25-23(28)19-6-8-26(9-7-19)15-21-16-30-18(2)24-21/h3-5,16,19H,6-15H2,1-2H3,(H,25,28). The number of thioether (sulfide) groups is 1. The number of hydrogen-bond donors (Lipinski definition) is 1. The Kier molecular flexibility index (Phi) is 7.46. The first-order valence-electron chi connectivity index (χ1n) is 10.9. The molecule has 0 atom stereocenters. The Balaban J connectivity index is 1.30. The molecule has 7 heteroatoms. The number of amides is 1. The van der Waals surface area contributed by atoms with E-state index in [1.165, 1.54) is 22.6 Å². The number of hydrogen-bond acceptors (Lipinski definition) is 6. The second kappa shape index (κ2) is 10.3. The van der Waals surface area contributed by atoms with E-state index < -0.39 is 0 Å². The Morgan fingerprint density at radius 2 is 1.83 bits per heavy atom. The number of likely N-dealkylation sites (tertiary alicyclic amines) is 1. The monoisotopic (exact) mass is 444 g/mol. The van der Waals surface area contributed by atoms with Gasteiger partial charge in [0.1, 0.15) is 0 Å². The first-order chi connectivity index (χ1) is 14.6. The molecule has 1 N–H and O–H groups in total. The van der Waals surface area contributed by atoms with Gasteiger partial charge < -0.3 is 5.32 Å². The summed E-state index contributed by atoms with van der Waals surface area (Å²) in [4.78, 5) is 22.4. The van der Waals surface area contributed by atoms with E-state index in [1.807, 2.05) is 24.8 Å². The van der Waals surface area contributed by atoms with Crippen LogP contribution in [0.25, 0.3) is 0 Å². The fourth-order valence-corrected chi connectivity index (χ4v) is 5.87. The summed E-state index contributed by atoms with van der Waals surface area (Å²) in [5, 5.41) is 6.50. The van der Waals surface area contributed by atoms with E-state index in [9.17, 15) is 4.79 Å². The predicted octanol–water partition coefficient (Wildman–Crippen LogP) is 4.16. The van der Waals surface area contributed by atoms with Gasteiger partial charge in [-0.25, -0.2) is 4.98 Å². The molecule has 0 radical (unpaired) electrons. The number of rotatable bonds is 6. The van der Waals surface area contributed by atoms with Crippen molar-refractivity contribution in [2.75, 3.05) is 43.0 Å². The van der Waals surface area contributed by atoms with Crippen LogP contribution < -0.4 is 5.32 Å². The fraction of sp³-hybridized carbons (Fsp3) is 0.565. The summed E-state index contributed by atoms with van der Waals surface area (Å²) in [6.45, 7) is 10.3. The number of aromatic nitrogens is 1. The number of nitrogens with zero attached hydrogens (tertiary/aromatic N) is 3. The highest BCUT2D eigenvalue weighted by atomic mass is 32.2. The topological polar surface area (TPSA) is 48.5 Å². The summed E-state index contributed by atoms with van der Waals surface area (Å²) < 4.78 is 0. The van der Waals surface area contributed by atoms with Crippen molar-refractivity contribution in [2.24, 2.45) is 5.92 Å². The van der Waals surface area contributed by atoms with E-state index in [1.54, 1.807) is 11.3 Å². The first-order valence-corrected chi connectivity index (χ1v) is 12.9. The molecule has 2 aliphatic rings. The third-order valence-corrected chi connectivity index (χ3v) is 7.98. The van der Waals surface area contributed by atoms with E-state index in [4.69, 9.17) is 0 Å². The number of nitrogens with one attached hydrogen (secondary N) is 1. The highest BCUT2D eigenvalue weighted by Crippen LogP contribution is 2.25. The van der Waals surface area contributed by atoms with Gasteiger partial charge in [0.25, 0.3) is 0 Å². The van der Waals surface area contributed by atoms with Crippen LogP contribution in [0.5, 0.6) is 0 Å². The molecule has 1 amide bonds. The maximum absolute atomic E-state index is 12.9. The minimum atomic E-state index is 0.0978. The molecule has 1 aromatic carbocycles. The van der Waals surface area contributed by atoms with Crippen LogP contribution in [-0.2, 0) is 17.9 Å². The Hall–Kier alpha value is -1.41. The van der Waals surface area contributed by atoms with E-state index in [0.717, 1.165) is 68.5 Å². The van der Waals surface area contributed by atoms with Crippen molar-refractivity contribution in [3.63, 3.8) is 0 Å². The summed E-state index contributed by atoms with van der Waals surface area (Å²) in [6.07, 6.45) is 1.83. The third kappa shape index (κ3) is 5.63. The Morgan fingerprint density at radius 3 is 2.53 bits per heavy atom. The number of thiazole rings is 1. The van der Waals surface area contributed by atoms with E-state index in [2.05, 4.69) is 44.5 Å². The molecule has 1 aromatic heterocycles. The van der Waals surface area contributed by atoms with E-state index in [-0.39, 0.29) is 11.8 Å². The lowest BCUT2D eigenvalue weighted by Gasteiger charge is -2.31. The van der Waals surface area contributed by atoms with Crippen molar-refractivity contribution in [1.29, 1.82) is 0 Å². The molecule has 0 spiro atoms. The van der Waals surface area contributed by atoms with Crippen LogP contribution in [0.4, 0.5) is 5.69 Å². The van der Waals surface area contributed by atoms with Crippen LogP contribution in [-0.4, -0.2) is 58.4 Å². The summed E-state index contributed by atoms with van der Waals surface area (Å²) in [6, 6.07) is 6.32. The van der Waals surface area contributed by atoms with Crippen molar-refractivity contribution >= 4 is 34.7 Å². The lowest BCUT2D eigenvalue weighted by molar-refractivity contribution is -0.121. The van der Waals surface area contributed by atoms with Gasteiger partial charge in [-0.15, -0.1) is 11.3 Å². The second-order valence-corrected chi connectivity index (χ2v) is 10.7. The van der Waals surface area contributed by atoms with Crippen LogP contribution in [0.2, 0.25) is 0 Å². The Labute approximate surface area is 188 Å². The largest absolute Gasteiger partial charge is 0.326 e. The lowest BCUT2D eigenvalue weighted by Crippen LogP contribution is -2.38. The van der Waals surface area contributed by atoms with Crippen LogP contribution in [0.1, 0.15) is 34.7 Å². The number of aryl methyl sites for hydroxylation is 1. The average molecular weight is 445 g/mol. The zero-order chi connectivity index (χ0) is 20.9. The van der Waals surface area contributed by atoms with Gasteiger partial charge >= 0.3 is 0 Å². The van der Waals surface area contributed by atoms with Gasteiger partial charge in [-0.2, -0.15) is 11.8 Å². The molecule has 4 rings (SSSR count). The van der Waals surface area contributed by atoms with Crippen LogP contribution >= 0.6 is 23.1 Å². The normalized spacial score (nSPS) is 19.1. The Bertz CT molecular complexity index is 855. The molecule has 0 saturated carbocycles.